The highest BCUT2D eigenvalue weighted by Gasteiger charge is 2.23. The summed E-state index contributed by atoms with van der Waals surface area (Å²) in [4.78, 5) is 12.2. The summed E-state index contributed by atoms with van der Waals surface area (Å²) in [5, 5.41) is 0. The van der Waals surface area contributed by atoms with Gasteiger partial charge in [-0.05, 0) is 71.3 Å². The van der Waals surface area contributed by atoms with Crippen molar-refractivity contribution in [3.05, 3.63) is 136 Å². The third-order valence-electron chi connectivity index (χ3n) is 7.30. The minimum atomic E-state index is -0.607. The first-order chi connectivity index (χ1) is 20.6. The number of fused-ring (bicyclic) bond motifs is 2. The number of esters is 1. The molecule has 5 heteroatoms. The van der Waals surface area contributed by atoms with Gasteiger partial charge in [-0.3, -0.25) is 0 Å². The average molecular weight is 563 g/mol. The lowest BCUT2D eigenvalue weighted by Gasteiger charge is -2.22. The van der Waals surface area contributed by atoms with Crippen LogP contribution >= 0.6 is 0 Å². The minimum Gasteiger partial charge on any atom is -0.491 e. The van der Waals surface area contributed by atoms with Gasteiger partial charge in [0.1, 0.15) is 18.5 Å². The zero-order valence-corrected chi connectivity index (χ0v) is 24.3. The molecule has 0 fully saturated rings. The fraction of sp³-hybridized carbons (Fsp3) is 0.270. The summed E-state index contributed by atoms with van der Waals surface area (Å²) >= 11 is 0. The van der Waals surface area contributed by atoms with E-state index in [0.29, 0.717) is 32.8 Å². The SMILES string of the molecule is CCOC(=O)C(Cc1ccc(OCCOC2c3ccccc3C=Cc3cc(Cc4ccccc4)ccc32)cc1)OCC. The van der Waals surface area contributed by atoms with Gasteiger partial charge in [0.15, 0.2) is 6.10 Å². The predicted molar refractivity (Wildman–Crippen MR) is 167 cm³/mol. The average Bonchev–Trinajstić information content (AvgIpc) is 3.17. The molecule has 1 aliphatic rings. The van der Waals surface area contributed by atoms with Crippen LogP contribution in [0.25, 0.3) is 12.2 Å². The zero-order chi connectivity index (χ0) is 29.1. The van der Waals surface area contributed by atoms with Crippen LogP contribution in [0.3, 0.4) is 0 Å². The van der Waals surface area contributed by atoms with Gasteiger partial charge in [0.2, 0.25) is 0 Å². The Labute approximate surface area is 248 Å². The number of rotatable bonds is 13. The fourth-order valence-electron chi connectivity index (χ4n) is 5.28. The molecule has 4 aromatic rings. The van der Waals surface area contributed by atoms with Crippen LogP contribution in [0.15, 0.2) is 97.1 Å². The minimum absolute atomic E-state index is 0.193. The van der Waals surface area contributed by atoms with Gasteiger partial charge >= 0.3 is 5.97 Å². The van der Waals surface area contributed by atoms with Crippen LogP contribution in [0.2, 0.25) is 0 Å². The summed E-state index contributed by atoms with van der Waals surface area (Å²) in [6.45, 7) is 5.30. The van der Waals surface area contributed by atoms with Crippen LogP contribution in [0.1, 0.15) is 58.9 Å². The topological polar surface area (TPSA) is 54.0 Å². The molecule has 0 saturated carbocycles. The van der Waals surface area contributed by atoms with Crippen LogP contribution < -0.4 is 4.74 Å². The summed E-state index contributed by atoms with van der Waals surface area (Å²) in [7, 11) is 0. The Balaban J connectivity index is 1.22. The smallest absolute Gasteiger partial charge is 0.335 e. The Bertz CT molecular complexity index is 1480. The van der Waals surface area contributed by atoms with E-state index in [0.717, 1.165) is 34.4 Å². The van der Waals surface area contributed by atoms with E-state index in [4.69, 9.17) is 18.9 Å². The van der Waals surface area contributed by atoms with Gasteiger partial charge < -0.3 is 18.9 Å². The highest BCUT2D eigenvalue weighted by molar-refractivity contribution is 5.76. The van der Waals surface area contributed by atoms with Gasteiger partial charge in [0, 0.05) is 13.0 Å². The van der Waals surface area contributed by atoms with Gasteiger partial charge in [0.25, 0.3) is 0 Å². The van der Waals surface area contributed by atoms with Crippen molar-refractivity contribution in [3.63, 3.8) is 0 Å². The lowest BCUT2D eigenvalue weighted by Crippen LogP contribution is -2.28. The third kappa shape index (κ3) is 7.55. The molecule has 2 unspecified atom stereocenters. The van der Waals surface area contributed by atoms with Gasteiger partial charge in [-0.1, -0.05) is 97.1 Å². The number of carbonyl (C=O) groups is 1. The van der Waals surface area contributed by atoms with E-state index in [1.165, 1.54) is 16.7 Å². The Kier molecular flexibility index (Phi) is 10.2. The highest BCUT2D eigenvalue weighted by atomic mass is 16.6. The Morgan fingerprint density at radius 1 is 0.714 bits per heavy atom. The molecule has 4 aromatic carbocycles. The number of hydrogen-bond donors (Lipinski definition) is 0. The second-order valence-corrected chi connectivity index (χ2v) is 10.2. The van der Waals surface area contributed by atoms with Crippen molar-refractivity contribution >= 4 is 18.1 Å². The molecule has 0 aliphatic heterocycles. The second kappa shape index (κ2) is 14.6. The molecule has 0 bridgehead atoms. The molecule has 42 heavy (non-hydrogen) atoms. The third-order valence-corrected chi connectivity index (χ3v) is 7.30. The van der Waals surface area contributed by atoms with Gasteiger partial charge in [0.05, 0.1) is 13.2 Å². The van der Waals surface area contributed by atoms with Crippen molar-refractivity contribution in [3.8, 4) is 5.75 Å². The molecule has 0 spiro atoms. The zero-order valence-electron chi connectivity index (χ0n) is 24.3. The molecule has 0 radical (unpaired) electrons. The van der Waals surface area contributed by atoms with E-state index < -0.39 is 6.10 Å². The largest absolute Gasteiger partial charge is 0.491 e. The van der Waals surface area contributed by atoms with E-state index >= 15 is 0 Å². The van der Waals surface area contributed by atoms with Crippen LogP contribution in [0.4, 0.5) is 0 Å². The van der Waals surface area contributed by atoms with E-state index in [9.17, 15) is 4.79 Å². The van der Waals surface area contributed by atoms with E-state index in [-0.39, 0.29) is 12.1 Å². The van der Waals surface area contributed by atoms with Crippen molar-refractivity contribution in [2.75, 3.05) is 26.4 Å². The molecular formula is C37H38O5. The van der Waals surface area contributed by atoms with Gasteiger partial charge in [-0.2, -0.15) is 0 Å². The van der Waals surface area contributed by atoms with Gasteiger partial charge in [-0.25, -0.2) is 4.79 Å². The summed E-state index contributed by atoms with van der Waals surface area (Å²) < 4.78 is 23.3. The fourth-order valence-corrected chi connectivity index (χ4v) is 5.28. The highest BCUT2D eigenvalue weighted by Crippen LogP contribution is 2.36. The lowest BCUT2D eigenvalue weighted by molar-refractivity contribution is -0.156. The van der Waals surface area contributed by atoms with Crippen molar-refractivity contribution in [2.24, 2.45) is 0 Å². The maximum absolute atomic E-state index is 12.2. The number of benzene rings is 4. The van der Waals surface area contributed by atoms with Crippen LogP contribution in [0.5, 0.6) is 5.75 Å². The number of ether oxygens (including phenoxy) is 4. The quantitative estimate of drug-likeness (QED) is 0.125. The molecule has 0 aromatic heterocycles. The molecule has 2 atom stereocenters. The Morgan fingerprint density at radius 2 is 1.43 bits per heavy atom. The van der Waals surface area contributed by atoms with E-state index in [2.05, 4.69) is 78.9 Å². The summed E-state index contributed by atoms with van der Waals surface area (Å²) in [6, 6.07) is 33.4. The molecular weight excluding hydrogens is 524 g/mol. The van der Waals surface area contributed by atoms with Crippen LogP contribution in [-0.2, 0) is 31.8 Å². The molecule has 5 nitrogen and oxygen atoms in total. The first-order valence-electron chi connectivity index (χ1n) is 14.7. The lowest BCUT2D eigenvalue weighted by atomic mass is 9.94. The van der Waals surface area contributed by atoms with Crippen LogP contribution in [0, 0.1) is 0 Å². The first kappa shape index (κ1) is 29.3. The number of hydrogen-bond acceptors (Lipinski definition) is 5. The maximum atomic E-state index is 12.2. The molecule has 0 N–H and O–H groups in total. The van der Waals surface area contributed by atoms with Gasteiger partial charge in [-0.15, -0.1) is 0 Å². The number of carbonyl (C=O) groups excluding carboxylic acids is 1. The first-order valence-corrected chi connectivity index (χ1v) is 14.7. The van der Waals surface area contributed by atoms with E-state index in [1.54, 1.807) is 6.92 Å². The maximum Gasteiger partial charge on any atom is 0.335 e. The second-order valence-electron chi connectivity index (χ2n) is 10.2. The summed E-state index contributed by atoms with van der Waals surface area (Å²) in [5.41, 5.74) is 8.19. The van der Waals surface area contributed by atoms with Crippen LogP contribution in [-0.4, -0.2) is 38.5 Å². The summed E-state index contributed by atoms with van der Waals surface area (Å²) in [5.74, 6) is 0.418. The molecule has 1 aliphatic carbocycles. The molecule has 0 amide bonds. The van der Waals surface area contributed by atoms with E-state index in [1.807, 2.05) is 37.3 Å². The Hall–Kier alpha value is -4.19. The van der Waals surface area contributed by atoms with Crippen molar-refractivity contribution in [2.45, 2.75) is 38.9 Å². The molecule has 216 valence electrons. The normalized spacial score (nSPS) is 14.4. The molecule has 0 saturated heterocycles. The molecule has 0 heterocycles. The predicted octanol–water partition coefficient (Wildman–Crippen LogP) is 7.46. The Morgan fingerprint density at radius 3 is 2.21 bits per heavy atom. The van der Waals surface area contributed by atoms with Crippen molar-refractivity contribution in [1.82, 2.24) is 0 Å². The summed E-state index contributed by atoms with van der Waals surface area (Å²) in [6.07, 6.45) is 4.92. The van der Waals surface area contributed by atoms with Crippen molar-refractivity contribution < 1.29 is 23.7 Å². The van der Waals surface area contributed by atoms with Crippen molar-refractivity contribution in [1.29, 1.82) is 0 Å². The molecule has 5 rings (SSSR count). The monoisotopic (exact) mass is 562 g/mol. The standard InChI is InChI=1S/C37H38O5/c1-3-39-35(37(38)40-4-2)26-28-14-19-32(20-15-28)41-22-23-42-36-33-13-9-8-12-30(33)17-18-31-25-29(16-21-34(31)36)24-27-10-6-5-7-11-27/h5-21,25,35-36H,3-4,22-24,26H2,1-2H3.